The molecule has 1 aliphatic carbocycles. The van der Waals surface area contributed by atoms with Crippen LogP contribution >= 0.6 is 0 Å². The zero-order valence-electron chi connectivity index (χ0n) is 15.2. The minimum absolute atomic E-state index is 0.101. The van der Waals surface area contributed by atoms with Gasteiger partial charge in [0.05, 0.1) is 0 Å². The molecule has 140 valence electrons. The van der Waals surface area contributed by atoms with Crippen LogP contribution in [0.2, 0.25) is 0 Å². The minimum atomic E-state index is 0.101. The lowest BCUT2D eigenvalue weighted by molar-refractivity contribution is -0.130. The van der Waals surface area contributed by atoms with Gasteiger partial charge in [0, 0.05) is 51.4 Å². The Morgan fingerprint density at radius 3 is 2.48 bits per heavy atom. The number of carbonyl (C=O) groups is 2. The summed E-state index contributed by atoms with van der Waals surface area (Å²) in [5.41, 5.74) is 0.272. The first-order valence-corrected chi connectivity index (χ1v) is 10.1. The van der Waals surface area contributed by atoms with Gasteiger partial charge in [0.2, 0.25) is 5.91 Å². The highest BCUT2D eigenvalue weighted by molar-refractivity contribution is 5.78. The van der Waals surface area contributed by atoms with Gasteiger partial charge >= 0.3 is 6.03 Å². The van der Waals surface area contributed by atoms with Crippen LogP contribution in [-0.4, -0.2) is 66.7 Å². The number of carbonyl (C=O) groups excluding carboxylic acids is 2. The molecule has 1 atom stereocenters. The molecule has 1 spiro atoms. The van der Waals surface area contributed by atoms with E-state index in [4.69, 9.17) is 4.74 Å². The summed E-state index contributed by atoms with van der Waals surface area (Å²) in [5, 5.41) is 3.35. The summed E-state index contributed by atoms with van der Waals surface area (Å²) in [6, 6.07) is 0.748. The minimum Gasteiger partial charge on any atom is -0.381 e. The lowest BCUT2D eigenvalue weighted by Gasteiger charge is -2.41. The van der Waals surface area contributed by atoms with Crippen LogP contribution in [0.25, 0.3) is 0 Å². The molecule has 3 amide bonds. The number of nitrogens with one attached hydrogen (secondary N) is 1. The van der Waals surface area contributed by atoms with Crippen molar-refractivity contribution in [3.8, 4) is 0 Å². The molecule has 6 nitrogen and oxygen atoms in total. The van der Waals surface area contributed by atoms with E-state index in [1.54, 1.807) is 0 Å². The smallest absolute Gasteiger partial charge is 0.317 e. The van der Waals surface area contributed by atoms with Gasteiger partial charge in [0.25, 0.3) is 0 Å². The predicted molar refractivity (Wildman–Crippen MR) is 94.2 cm³/mol. The lowest BCUT2D eigenvalue weighted by Crippen LogP contribution is -2.54. The van der Waals surface area contributed by atoms with Gasteiger partial charge < -0.3 is 19.9 Å². The molecule has 3 aliphatic heterocycles. The maximum Gasteiger partial charge on any atom is 0.317 e. The van der Waals surface area contributed by atoms with Crippen molar-refractivity contribution in [2.45, 2.75) is 69.9 Å². The summed E-state index contributed by atoms with van der Waals surface area (Å²) in [7, 11) is 0. The van der Waals surface area contributed by atoms with E-state index < -0.39 is 0 Å². The summed E-state index contributed by atoms with van der Waals surface area (Å²) < 4.78 is 5.54. The topological polar surface area (TPSA) is 61.9 Å². The quantitative estimate of drug-likeness (QED) is 0.831. The molecular weight excluding hydrogens is 318 g/mol. The zero-order valence-corrected chi connectivity index (χ0v) is 15.2. The molecular formula is C19H31N3O3. The van der Waals surface area contributed by atoms with Crippen LogP contribution in [0.3, 0.4) is 0 Å². The van der Waals surface area contributed by atoms with E-state index >= 15 is 0 Å². The fourth-order valence-corrected chi connectivity index (χ4v) is 5.42. The van der Waals surface area contributed by atoms with Crippen LogP contribution < -0.4 is 5.32 Å². The maximum absolute atomic E-state index is 12.8. The molecule has 4 rings (SSSR count). The van der Waals surface area contributed by atoms with Crippen LogP contribution in [0.5, 0.6) is 0 Å². The second-order valence-electron chi connectivity index (χ2n) is 8.28. The Hall–Kier alpha value is -1.30. The van der Waals surface area contributed by atoms with Crippen molar-refractivity contribution in [1.29, 1.82) is 0 Å². The third kappa shape index (κ3) is 3.37. The summed E-state index contributed by atoms with van der Waals surface area (Å²) >= 11 is 0. The number of nitrogens with zero attached hydrogens (tertiary/aromatic N) is 2. The van der Waals surface area contributed by atoms with Gasteiger partial charge in [-0.25, -0.2) is 4.79 Å². The van der Waals surface area contributed by atoms with Crippen LogP contribution in [0.4, 0.5) is 4.79 Å². The van der Waals surface area contributed by atoms with Gasteiger partial charge in [0.15, 0.2) is 0 Å². The van der Waals surface area contributed by atoms with Crippen molar-refractivity contribution < 1.29 is 14.3 Å². The van der Waals surface area contributed by atoms with Crippen molar-refractivity contribution in [3.63, 3.8) is 0 Å². The number of urea groups is 1. The molecule has 1 N–H and O–H groups in total. The first kappa shape index (κ1) is 17.1. The summed E-state index contributed by atoms with van der Waals surface area (Å²) in [4.78, 5) is 28.7. The number of hydrogen-bond acceptors (Lipinski definition) is 3. The SMILES string of the molecule is O=C(N[C@H]1CCCC12CCOCC2)N1CCC(N2CCCC2=O)CC1. The summed E-state index contributed by atoms with van der Waals surface area (Å²) in [6.45, 7) is 4.11. The van der Waals surface area contributed by atoms with Gasteiger partial charge in [-0.3, -0.25) is 4.79 Å². The highest BCUT2D eigenvalue weighted by Gasteiger charge is 2.45. The molecule has 1 saturated carbocycles. The van der Waals surface area contributed by atoms with Crippen molar-refractivity contribution >= 4 is 11.9 Å². The number of ether oxygens (including phenoxy) is 1. The Balaban J connectivity index is 1.29. The fraction of sp³-hybridized carbons (Fsp3) is 0.895. The number of piperidine rings is 1. The Morgan fingerprint density at radius 2 is 1.80 bits per heavy atom. The number of amides is 3. The molecule has 3 heterocycles. The molecule has 25 heavy (non-hydrogen) atoms. The molecule has 0 aromatic rings. The van der Waals surface area contributed by atoms with Gasteiger partial charge in [-0.2, -0.15) is 0 Å². The van der Waals surface area contributed by atoms with Crippen LogP contribution in [0.15, 0.2) is 0 Å². The first-order valence-electron chi connectivity index (χ1n) is 10.1. The predicted octanol–water partition coefficient (Wildman–Crippen LogP) is 2.13. The zero-order chi connectivity index (χ0) is 17.3. The monoisotopic (exact) mass is 349 g/mol. The number of hydrogen-bond donors (Lipinski definition) is 1. The second kappa shape index (κ2) is 7.14. The molecule has 3 saturated heterocycles. The molecule has 0 bridgehead atoms. The van der Waals surface area contributed by atoms with Gasteiger partial charge in [-0.15, -0.1) is 0 Å². The lowest BCUT2D eigenvalue weighted by atomic mass is 9.75. The van der Waals surface area contributed by atoms with Gasteiger partial charge in [-0.1, -0.05) is 6.42 Å². The van der Waals surface area contributed by atoms with E-state index in [9.17, 15) is 9.59 Å². The van der Waals surface area contributed by atoms with Crippen molar-refractivity contribution in [3.05, 3.63) is 0 Å². The molecule has 0 radical (unpaired) electrons. The van der Waals surface area contributed by atoms with E-state index in [0.717, 1.165) is 71.4 Å². The van der Waals surface area contributed by atoms with Gasteiger partial charge in [-0.05, 0) is 50.4 Å². The van der Waals surface area contributed by atoms with Gasteiger partial charge in [0.1, 0.15) is 0 Å². The summed E-state index contributed by atoms with van der Waals surface area (Å²) in [5.74, 6) is 0.301. The summed E-state index contributed by atoms with van der Waals surface area (Å²) in [6.07, 6.45) is 9.23. The molecule has 0 aromatic carbocycles. The molecule has 4 fully saturated rings. The first-order chi connectivity index (χ1) is 12.2. The fourth-order valence-electron chi connectivity index (χ4n) is 5.42. The third-order valence-corrected chi connectivity index (χ3v) is 7.00. The molecule has 0 aromatic heterocycles. The molecule has 0 unspecified atom stereocenters. The van der Waals surface area contributed by atoms with E-state index in [2.05, 4.69) is 5.32 Å². The van der Waals surface area contributed by atoms with Crippen LogP contribution in [-0.2, 0) is 9.53 Å². The second-order valence-corrected chi connectivity index (χ2v) is 8.28. The Labute approximate surface area is 150 Å². The van der Waals surface area contributed by atoms with E-state index in [1.165, 1.54) is 12.8 Å². The van der Waals surface area contributed by atoms with Crippen molar-refractivity contribution in [2.75, 3.05) is 32.8 Å². The highest BCUT2D eigenvalue weighted by atomic mass is 16.5. The van der Waals surface area contributed by atoms with E-state index in [1.807, 2.05) is 9.80 Å². The highest BCUT2D eigenvalue weighted by Crippen LogP contribution is 2.46. The Kier molecular flexibility index (Phi) is 4.89. The van der Waals surface area contributed by atoms with Crippen molar-refractivity contribution in [2.24, 2.45) is 5.41 Å². The van der Waals surface area contributed by atoms with E-state index in [0.29, 0.717) is 24.4 Å². The van der Waals surface area contributed by atoms with Crippen molar-refractivity contribution in [1.82, 2.24) is 15.1 Å². The Bertz CT molecular complexity index is 510. The average molecular weight is 349 g/mol. The number of likely N-dealkylation sites (tertiary alicyclic amines) is 2. The normalized spacial score (nSPS) is 30.2. The molecule has 6 heteroatoms. The maximum atomic E-state index is 12.8. The third-order valence-electron chi connectivity index (χ3n) is 7.00. The molecule has 4 aliphatic rings. The standard InChI is InChI=1S/C19H31N3O3/c23-17-4-2-10-22(17)15-5-11-21(12-6-15)18(24)20-16-3-1-7-19(16)8-13-25-14-9-19/h15-16H,1-14H2,(H,20,24)/t16-/m0/s1. The van der Waals surface area contributed by atoms with E-state index in [-0.39, 0.29) is 11.4 Å². The largest absolute Gasteiger partial charge is 0.381 e. The van der Waals surface area contributed by atoms with Crippen LogP contribution in [0.1, 0.15) is 57.8 Å². The Morgan fingerprint density at radius 1 is 1.04 bits per heavy atom. The average Bonchev–Trinajstić information content (AvgIpc) is 3.23. The number of rotatable bonds is 2. The van der Waals surface area contributed by atoms with Crippen LogP contribution in [0, 0.1) is 5.41 Å².